The Labute approximate surface area is 132 Å². The van der Waals surface area contributed by atoms with Crippen LogP contribution < -0.4 is 11.1 Å². The highest BCUT2D eigenvalue weighted by atomic mass is 32.2. The zero-order valence-corrected chi connectivity index (χ0v) is 13.4. The van der Waals surface area contributed by atoms with Crippen molar-refractivity contribution < 1.29 is 17.6 Å². The molecular weight excluding hydrogens is 322 g/mol. The van der Waals surface area contributed by atoms with E-state index in [1.54, 1.807) is 7.05 Å². The molecule has 2 heterocycles. The van der Waals surface area contributed by atoms with Gasteiger partial charge in [-0.1, -0.05) is 0 Å². The molecule has 0 bridgehead atoms. The molecule has 9 heteroatoms. The number of oxazole rings is 1. The van der Waals surface area contributed by atoms with Gasteiger partial charge in [-0.3, -0.25) is 9.78 Å². The summed E-state index contributed by atoms with van der Waals surface area (Å²) in [6.45, 7) is 0.574. The van der Waals surface area contributed by atoms with E-state index < -0.39 is 15.8 Å². The molecule has 1 saturated heterocycles. The number of hydrogen-bond acceptors (Lipinski definition) is 5. The fourth-order valence-electron chi connectivity index (χ4n) is 2.80. The summed E-state index contributed by atoms with van der Waals surface area (Å²) in [5, 5.41) is 2.59. The molecule has 0 radical (unpaired) electrons. The summed E-state index contributed by atoms with van der Waals surface area (Å²) in [5.74, 6) is -0.838. The summed E-state index contributed by atoms with van der Waals surface area (Å²) in [6, 6.07) is 4.28. The largest absolute Gasteiger partial charge is 0.417 e. The first-order valence-corrected chi connectivity index (χ1v) is 8.70. The van der Waals surface area contributed by atoms with Crippen LogP contribution in [0.1, 0.15) is 12.8 Å². The smallest absolute Gasteiger partial charge is 0.408 e. The average molecular weight is 339 g/mol. The minimum atomic E-state index is -3.67. The van der Waals surface area contributed by atoms with Gasteiger partial charge in [0.05, 0.1) is 10.4 Å². The Morgan fingerprint density at radius 1 is 1.35 bits per heavy atom. The van der Waals surface area contributed by atoms with Crippen LogP contribution in [0, 0.1) is 5.92 Å². The second-order valence-electron chi connectivity index (χ2n) is 5.47. The van der Waals surface area contributed by atoms with E-state index in [0.29, 0.717) is 18.4 Å². The zero-order valence-electron chi connectivity index (χ0n) is 12.5. The summed E-state index contributed by atoms with van der Waals surface area (Å²) in [6.07, 6.45) is 0.973. The van der Waals surface area contributed by atoms with Gasteiger partial charge in [-0.2, -0.15) is 4.31 Å². The molecule has 0 unspecified atom stereocenters. The Morgan fingerprint density at radius 3 is 2.70 bits per heavy atom. The highest BCUT2D eigenvalue weighted by Crippen LogP contribution is 2.25. The van der Waals surface area contributed by atoms with Crippen molar-refractivity contribution in [3.8, 4) is 0 Å². The van der Waals surface area contributed by atoms with E-state index in [4.69, 9.17) is 4.42 Å². The van der Waals surface area contributed by atoms with Gasteiger partial charge in [-0.15, -0.1) is 0 Å². The van der Waals surface area contributed by atoms with Gasteiger partial charge in [-0.25, -0.2) is 13.2 Å². The van der Waals surface area contributed by atoms with Gasteiger partial charge >= 0.3 is 5.76 Å². The first-order chi connectivity index (χ1) is 10.9. The molecule has 1 fully saturated rings. The number of hydrogen-bond donors (Lipinski definition) is 2. The quantitative estimate of drug-likeness (QED) is 0.833. The number of nitrogens with zero attached hydrogens (tertiary/aromatic N) is 1. The highest BCUT2D eigenvalue weighted by molar-refractivity contribution is 7.89. The van der Waals surface area contributed by atoms with E-state index in [9.17, 15) is 18.0 Å². The van der Waals surface area contributed by atoms with Gasteiger partial charge in [0.15, 0.2) is 5.58 Å². The van der Waals surface area contributed by atoms with Crippen LogP contribution in [0.5, 0.6) is 0 Å². The Hall–Kier alpha value is -2.13. The van der Waals surface area contributed by atoms with Crippen molar-refractivity contribution in [1.29, 1.82) is 0 Å². The predicted molar refractivity (Wildman–Crippen MR) is 82.4 cm³/mol. The molecule has 1 aromatic carbocycles. The van der Waals surface area contributed by atoms with E-state index >= 15 is 0 Å². The van der Waals surface area contributed by atoms with Gasteiger partial charge in [0.25, 0.3) is 0 Å². The number of aromatic amines is 1. The number of aromatic nitrogens is 1. The van der Waals surface area contributed by atoms with E-state index in [1.165, 1.54) is 22.5 Å². The van der Waals surface area contributed by atoms with Crippen LogP contribution in [0.4, 0.5) is 0 Å². The number of nitrogens with one attached hydrogen (secondary N) is 2. The maximum Gasteiger partial charge on any atom is 0.417 e. The predicted octanol–water partition coefficient (Wildman–Crippen LogP) is 0.268. The summed E-state index contributed by atoms with van der Waals surface area (Å²) in [5.41, 5.74) is 0.656. The number of sulfonamides is 1. The van der Waals surface area contributed by atoms with Crippen molar-refractivity contribution in [2.75, 3.05) is 20.1 Å². The minimum absolute atomic E-state index is 0.0578. The molecule has 1 amide bonds. The molecule has 0 atom stereocenters. The lowest BCUT2D eigenvalue weighted by atomic mass is 9.97. The first kappa shape index (κ1) is 15.8. The van der Waals surface area contributed by atoms with E-state index in [-0.39, 0.29) is 35.4 Å². The molecule has 0 spiro atoms. The molecule has 1 aromatic heterocycles. The number of carbonyl (C=O) groups is 1. The van der Waals surface area contributed by atoms with Crippen LogP contribution >= 0.6 is 0 Å². The Kier molecular flexibility index (Phi) is 3.99. The molecule has 8 nitrogen and oxygen atoms in total. The maximum atomic E-state index is 12.7. The van der Waals surface area contributed by atoms with Crippen molar-refractivity contribution in [2.45, 2.75) is 17.7 Å². The minimum Gasteiger partial charge on any atom is -0.408 e. The second-order valence-corrected chi connectivity index (χ2v) is 7.40. The van der Waals surface area contributed by atoms with Crippen molar-refractivity contribution in [2.24, 2.45) is 5.92 Å². The van der Waals surface area contributed by atoms with Crippen LogP contribution in [0.3, 0.4) is 0 Å². The molecule has 0 saturated carbocycles. The summed E-state index contributed by atoms with van der Waals surface area (Å²) in [4.78, 5) is 25.3. The van der Waals surface area contributed by atoms with Crippen molar-refractivity contribution in [3.63, 3.8) is 0 Å². The van der Waals surface area contributed by atoms with E-state index in [1.807, 2.05) is 0 Å². The molecule has 1 aliphatic heterocycles. The fourth-order valence-corrected chi connectivity index (χ4v) is 4.28. The van der Waals surface area contributed by atoms with Crippen LogP contribution in [0.25, 0.3) is 11.1 Å². The van der Waals surface area contributed by atoms with E-state index in [0.717, 1.165) is 0 Å². The number of piperidine rings is 1. The summed E-state index contributed by atoms with van der Waals surface area (Å²) < 4.78 is 31.6. The third-order valence-electron chi connectivity index (χ3n) is 4.10. The number of H-pyrrole nitrogens is 1. The maximum absolute atomic E-state index is 12.7. The van der Waals surface area contributed by atoms with E-state index in [2.05, 4.69) is 10.3 Å². The zero-order chi connectivity index (χ0) is 16.6. The average Bonchev–Trinajstić information content (AvgIpc) is 2.93. The van der Waals surface area contributed by atoms with Crippen LogP contribution in [-0.2, 0) is 14.8 Å². The van der Waals surface area contributed by atoms with Crippen molar-refractivity contribution >= 4 is 27.0 Å². The number of rotatable bonds is 3. The molecule has 2 aromatic rings. The monoisotopic (exact) mass is 339 g/mol. The number of benzene rings is 1. The Bertz CT molecular complexity index is 891. The number of carbonyl (C=O) groups excluding carboxylic acids is 1. The lowest BCUT2D eigenvalue weighted by Gasteiger charge is -2.30. The van der Waals surface area contributed by atoms with Crippen LogP contribution in [0.2, 0.25) is 0 Å². The van der Waals surface area contributed by atoms with Gasteiger partial charge < -0.3 is 9.73 Å². The van der Waals surface area contributed by atoms with Gasteiger partial charge in [0.2, 0.25) is 15.9 Å². The molecule has 0 aliphatic carbocycles. The molecular formula is C14H17N3O5S. The Morgan fingerprint density at radius 2 is 2.04 bits per heavy atom. The molecule has 2 N–H and O–H groups in total. The molecule has 3 rings (SSSR count). The lowest BCUT2D eigenvalue weighted by Crippen LogP contribution is -2.42. The summed E-state index contributed by atoms with van der Waals surface area (Å²) in [7, 11) is -2.10. The number of fused-ring (bicyclic) bond motifs is 1. The van der Waals surface area contributed by atoms with Crippen molar-refractivity contribution in [3.05, 3.63) is 28.7 Å². The lowest BCUT2D eigenvalue weighted by molar-refractivity contribution is -0.125. The third kappa shape index (κ3) is 2.89. The first-order valence-electron chi connectivity index (χ1n) is 7.26. The highest BCUT2D eigenvalue weighted by Gasteiger charge is 2.32. The normalized spacial score (nSPS) is 17.4. The molecule has 1 aliphatic rings. The Balaban J connectivity index is 1.83. The van der Waals surface area contributed by atoms with Gasteiger partial charge in [0.1, 0.15) is 0 Å². The van der Waals surface area contributed by atoms with Crippen LogP contribution in [0.15, 0.2) is 32.3 Å². The molecule has 23 heavy (non-hydrogen) atoms. The molecule has 124 valence electrons. The van der Waals surface area contributed by atoms with Crippen molar-refractivity contribution in [1.82, 2.24) is 14.6 Å². The number of amides is 1. The van der Waals surface area contributed by atoms with Gasteiger partial charge in [-0.05, 0) is 25.0 Å². The summed E-state index contributed by atoms with van der Waals surface area (Å²) >= 11 is 0. The van der Waals surface area contributed by atoms with Crippen LogP contribution in [-0.4, -0.2) is 43.8 Å². The fraction of sp³-hybridized carbons (Fsp3) is 0.429. The standard InChI is InChI=1S/C14H17N3O5S/c1-15-13(18)9-4-6-17(7-5-9)23(20,21)10-2-3-11-12(8-10)22-14(19)16-11/h2-3,8-9H,4-7H2,1H3,(H,15,18)(H,16,19). The van der Waals surface area contributed by atoms with Gasteiger partial charge in [0, 0.05) is 32.1 Å². The SMILES string of the molecule is CNC(=O)C1CCN(S(=O)(=O)c2ccc3[nH]c(=O)oc3c2)CC1. The third-order valence-corrected chi connectivity index (χ3v) is 6.00. The second kappa shape index (κ2) is 5.82. The topological polar surface area (TPSA) is 112 Å².